The molecule has 0 atom stereocenters. The van der Waals surface area contributed by atoms with E-state index in [1.54, 1.807) is 0 Å². The van der Waals surface area contributed by atoms with E-state index in [4.69, 9.17) is 11.5 Å². The lowest BCUT2D eigenvalue weighted by Crippen LogP contribution is -2.22. The monoisotopic (exact) mass is 259 g/mol. The number of aromatic nitrogens is 2. The molecule has 98 valence electrons. The first-order chi connectivity index (χ1) is 8.99. The maximum absolute atomic E-state index is 11.3. The molecule has 19 heavy (non-hydrogen) atoms. The molecular weight excluding hydrogens is 246 g/mol. The van der Waals surface area contributed by atoms with Crippen molar-refractivity contribution >= 4 is 17.6 Å². The molecule has 2 rings (SSSR count). The van der Waals surface area contributed by atoms with Crippen LogP contribution in [-0.4, -0.2) is 21.7 Å². The highest BCUT2D eigenvalue weighted by molar-refractivity contribution is 6.00. The van der Waals surface area contributed by atoms with Crippen molar-refractivity contribution in [1.29, 1.82) is 0 Å². The van der Waals surface area contributed by atoms with Gasteiger partial charge < -0.3 is 16.8 Å². The second-order valence-electron chi connectivity index (χ2n) is 3.98. The molecule has 0 fully saturated rings. The van der Waals surface area contributed by atoms with E-state index in [1.807, 2.05) is 31.2 Å². The number of urea groups is 1. The third-order valence-electron chi connectivity index (χ3n) is 2.57. The third kappa shape index (κ3) is 2.54. The van der Waals surface area contributed by atoms with Crippen molar-refractivity contribution in [1.82, 2.24) is 9.78 Å². The lowest BCUT2D eigenvalue weighted by Gasteiger charge is -2.04. The molecule has 0 bridgehead atoms. The van der Waals surface area contributed by atoms with Crippen molar-refractivity contribution in [3.63, 3.8) is 0 Å². The van der Waals surface area contributed by atoms with E-state index in [-0.39, 0.29) is 11.4 Å². The minimum absolute atomic E-state index is 0.0398. The normalized spacial score (nSPS) is 10.2. The van der Waals surface area contributed by atoms with Crippen LogP contribution in [0.2, 0.25) is 0 Å². The highest BCUT2D eigenvalue weighted by atomic mass is 16.2. The maximum Gasteiger partial charge on any atom is 0.316 e. The van der Waals surface area contributed by atoms with Crippen molar-refractivity contribution in [3.05, 3.63) is 41.7 Å². The Labute approximate surface area is 109 Å². The van der Waals surface area contributed by atoms with Crippen LogP contribution in [0.1, 0.15) is 16.1 Å². The summed E-state index contributed by atoms with van der Waals surface area (Å²) in [6.07, 6.45) is 1.49. The molecule has 0 aliphatic rings. The predicted octanol–water partition coefficient (Wildman–Crippen LogP) is 0.770. The van der Waals surface area contributed by atoms with Gasteiger partial charge in [0.1, 0.15) is 0 Å². The smallest absolute Gasteiger partial charge is 0.316 e. The van der Waals surface area contributed by atoms with Gasteiger partial charge >= 0.3 is 6.03 Å². The second-order valence-corrected chi connectivity index (χ2v) is 3.98. The number of benzene rings is 1. The molecule has 0 saturated heterocycles. The highest BCUT2D eigenvalue weighted by Crippen LogP contribution is 2.19. The van der Waals surface area contributed by atoms with Crippen LogP contribution < -0.4 is 16.8 Å². The van der Waals surface area contributed by atoms with Crippen LogP contribution in [0.3, 0.4) is 0 Å². The van der Waals surface area contributed by atoms with Gasteiger partial charge in [0.25, 0.3) is 5.91 Å². The van der Waals surface area contributed by atoms with Gasteiger partial charge in [-0.3, -0.25) is 4.79 Å². The quantitative estimate of drug-likeness (QED) is 0.755. The number of aryl methyl sites for hydroxylation is 1. The number of nitrogens with one attached hydrogen (secondary N) is 1. The molecule has 2 aromatic rings. The summed E-state index contributed by atoms with van der Waals surface area (Å²) in [4.78, 5) is 22.2. The number of carbonyl (C=O) groups excluding carboxylic acids is 2. The molecule has 0 unspecified atom stereocenters. The maximum atomic E-state index is 11.3. The summed E-state index contributed by atoms with van der Waals surface area (Å²) in [7, 11) is 0. The molecule has 1 heterocycles. The fourth-order valence-corrected chi connectivity index (χ4v) is 1.72. The second kappa shape index (κ2) is 4.81. The average molecular weight is 259 g/mol. The number of amides is 3. The molecule has 0 aliphatic heterocycles. The van der Waals surface area contributed by atoms with Gasteiger partial charge in [0, 0.05) is 0 Å². The van der Waals surface area contributed by atoms with Crippen molar-refractivity contribution in [2.24, 2.45) is 11.5 Å². The Hall–Kier alpha value is -2.83. The van der Waals surface area contributed by atoms with E-state index in [0.29, 0.717) is 0 Å². The predicted molar refractivity (Wildman–Crippen MR) is 70.0 cm³/mol. The van der Waals surface area contributed by atoms with Crippen molar-refractivity contribution in [2.75, 3.05) is 5.32 Å². The molecule has 7 heteroatoms. The van der Waals surface area contributed by atoms with E-state index >= 15 is 0 Å². The van der Waals surface area contributed by atoms with Crippen LogP contribution in [0.4, 0.5) is 10.5 Å². The molecule has 1 aromatic heterocycles. The summed E-state index contributed by atoms with van der Waals surface area (Å²) in [6, 6.07) is 6.69. The number of carbonyl (C=O) groups is 2. The third-order valence-corrected chi connectivity index (χ3v) is 2.57. The number of rotatable bonds is 3. The molecule has 0 spiro atoms. The zero-order chi connectivity index (χ0) is 14.0. The molecule has 0 aliphatic carbocycles. The van der Waals surface area contributed by atoms with Gasteiger partial charge in [-0.15, -0.1) is 0 Å². The fourth-order valence-electron chi connectivity index (χ4n) is 1.72. The number of nitrogens with zero attached hydrogens (tertiary/aromatic N) is 2. The number of hydrogen-bond acceptors (Lipinski definition) is 3. The summed E-state index contributed by atoms with van der Waals surface area (Å²) in [5, 5.41) is 6.38. The van der Waals surface area contributed by atoms with Gasteiger partial charge in [0.05, 0.1) is 17.6 Å². The van der Waals surface area contributed by atoms with Crippen LogP contribution in [0.5, 0.6) is 0 Å². The number of nitrogens with two attached hydrogens (primary N) is 2. The SMILES string of the molecule is Cc1ccccc1-n1cc(NC(N)=O)c(C(N)=O)n1. The van der Waals surface area contributed by atoms with E-state index in [2.05, 4.69) is 10.4 Å². The highest BCUT2D eigenvalue weighted by Gasteiger charge is 2.16. The molecule has 3 amide bonds. The number of primary amides is 2. The molecule has 0 radical (unpaired) electrons. The summed E-state index contributed by atoms with van der Waals surface area (Å²) < 4.78 is 1.47. The van der Waals surface area contributed by atoms with Gasteiger partial charge in [-0.25, -0.2) is 9.48 Å². The van der Waals surface area contributed by atoms with Gasteiger partial charge in [-0.2, -0.15) is 5.10 Å². The zero-order valence-corrected chi connectivity index (χ0v) is 10.3. The summed E-state index contributed by atoms with van der Waals surface area (Å²) in [5.74, 6) is -0.740. The van der Waals surface area contributed by atoms with Crippen LogP contribution in [0, 0.1) is 6.92 Å². The van der Waals surface area contributed by atoms with E-state index in [1.165, 1.54) is 10.9 Å². The standard InChI is InChI=1S/C12H13N5O2/c1-7-4-2-3-5-9(7)17-6-8(15-12(14)19)10(16-17)11(13)18/h2-6H,1H3,(H2,13,18)(H3,14,15,19). The van der Waals surface area contributed by atoms with Gasteiger partial charge in [0.15, 0.2) is 5.69 Å². The largest absolute Gasteiger partial charge is 0.364 e. The summed E-state index contributed by atoms with van der Waals surface area (Å²) in [5.41, 5.74) is 12.1. The summed E-state index contributed by atoms with van der Waals surface area (Å²) >= 11 is 0. The Morgan fingerprint density at radius 2 is 1.95 bits per heavy atom. The van der Waals surface area contributed by atoms with Crippen molar-refractivity contribution in [3.8, 4) is 5.69 Å². The van der Waals surface area contributed by atoms with Gasteiger partial charge in [-0.1, -0.05) is 18.2 Å². The fraction of sp³-hybridized carbons (Fsp3) is 0.0833. The molecular formula is C12H13N5O2. The lowest BCUT2D eigenvalue weighted by molar-refractivity contribution is 0.0996. The van der Waals surface area contributed by atoms with Crippen LogP contribution in [-0.2, 0) is 0 Å². The number of hydrogen-bond donors (Lipinski definition) is 3. The topological polar surface area (TPSA) is 116 Å². The minimum atomic E-state index is -0.785. The average Bonchev–Trinajstić information content (AvgIpc) is 2.72. The summed E-state index contributed by atoms with van der Waals surface area (Å²) in [6.45, 7) is 1.90. The molecule has 0 saturated carbocycles. The van der Waals surface area contributed by atoms with Crippen LogP contribution >= 0.6 is 0 Å². The Morgan fingerprint density at radius 3 is 2.53 bits per heavy atom. The number of anilines is 1. The lowest BCUT2D eigenvalue weighted by atomic mass is 10.2. The molecule has 7 nitrogen and oxygen atoms in total. The van der Waals surface area contributed by atoms with Crippen LogP contribution in [0.25, 0.3) is 5.69 Å². The van der Waals surface area contributed by atoms with E-state index in [9.17, 15) is 9.59 Å². The molecule has 1 aromatic carbocycles. The Kier molecular flexibility index (Phi) is 3.19. The van der Waals surface area contributed by atoms with E-state index < -0.39 is 11.9 Å². The zero-order valence-electron chi connectivity index (χ0n) is 10.3. The van der Waals surface area contributed by atoms with Crippen molar-refractivity contribution < 1.29 is 9.59 Å². The van der Waals surface area contributed by atoms with Crippen molar-refractivity contribution in [2.45, 2.75) is 6.92 Å². The first kappa shape index (κ1) is 12.6. The molecule has 5 N–H and O–H groups in total. The van der Waals surface area contributed by atoms with Crippen LogP contribution in [0.15, 0.2) is 30.5 Å². The van der Waals surface area contributed by atoms with E-state index in [0.717, 1.165) is 11.3 Å². The first-order valence-electron chi connectivity index (χ1n) is 5.51. The Morgan fingerprint density at radius 1 is 1.26 bits per heavy atom. The first-order valence-corrected chi connectivity index (χ1v) is 5.51. The van der Waals surface area contributed by atoms with Gasteiger partial charge in [0.2, 0.25) is 0 Å². The Bertz CT molecular complexity index is 647. The Balaban J connectivity index is 2.52. The number of para-hydroxylation sites is 1. The minimum Gasteiger partial charge on any atom is -0.364 e. The van der Waals surface area contributed by atoms with Gasteiger partial charge in [-0.05, 0) is 18.6 Å².